The monoisotopic (exact) mass is 162 g/mol. The predicted octanol–water partition coefficient (Wildman–Crippen LogP) is 1.15. The van der Waals surface area contributed by atoms with Crippen molar-refractivity contribution in [3.05, 3.63) is 0 Å². The SMILES string of the molecule is CC(O)C[SiH](C)OC(C)C. The van der Waals surface area contributed by atoms with Gasteiger partial charge in [0, 0.05) is 6.10 Å². The fraction of sp³-hybridized carbons (Fsp3) is 1.00. The van der Waals surface area contributed by atoms with Crippen molar-refractivity contribution >= 4 is 9.04 Å². The molecule has 0 spiro atoms. The van der Waals surface area contributed by atoms with E-state index in [2.05, 4.69) is 6.55 Å². The Hall–Kier alpha value is 0.137. The Balaban J connectivity index is 3.34. The number of rotatable bonds is 4. The molecule has 1 N–H and O–H groups in total. The summed E-state index contributed by atoms with van der Waals surface area (Å²) in [7, 11) is -1.07. The lowest BCUT2D eigenvalue weighted by Gasteiger charge is -2.15. The molecule has 62 valence electrons. The summed E-state index contributed by atoms with van der Waals surface area (Å²) in [5.74, 6) is 0. The van der Waals surface area contributed by atoms with Gasteiger partial charge in [-0.2, -0.15) is 0 Å². The van der Waals surface area contributed by atoms with Crippen molar-refractivity contribution < 1.29 is 9.53 Å². The van der Waals surface area contributed by atoms with Crippen LogP contribution in [0.25, 0.3) is 0 Å². The summed E-state index contributed by atoms with van der Waals surface area (Å²) in [6, 6.07) is 0.859. The van der Waals surface area contributed by atoms with E-state index in [9.17, 15) is 0 Å². The van der Waals surface area contributed by atoms with Crippen LogP contribution in [0.4, 0.5) is 0 Å². The topological polar surface area (TPSA) is 29.5 Å². The van der Waals surface area contributed by atoms with Crippen LogP contribution in [0, 0.1) is 0 Å². The minimum atomic E-state index is -1.07. The lowest BCUT2D eigenvalue weighted by atomic mass is 10.5. The maximum Gasteiger partial charge on any atom is 0.176 e. The van der Waals surface area contributed by atoms with Gasteiger partial charge in [0.05, 0.1) is 6.10 Å². The molecule has 0 aromatic rings. The highest BCUT2D eigenvalue weighted by molar-refractivity contribution is 6.50. The van der Waals surface area contributed by atoms with Crippen LogP contribution in [0.15, 0.2) is 0 Å². The average Bonchev–Trinajstić information content (AvgIpc) is 1.58. The molecule has 0 saturated carbocycles. The number of hydrogen-bond donors (Lipinski definition) is 1. The molecule has 0 fully saturated rings. The zero-order valence-electron chi connectivity index (χ0n) is 7.29. The molecule has 0 radical (unpaired) electrons. The molecule has 3 heteroatoms. The molecule has 0 heterocycles. The molecule has 0 aromatic carbocycles. The fourth-order valence-corrected chi connectivity index (χ4v) is 3.00. The third-order valence-electron chi connectivity index (χ3n) is 1.18. The van der Waals surface area contributed by atoms with E-state index in [1.165, 1.54) is 0 Å². The van der Waals surface area contributed by atoms with Crippen molar-refractivity contribution in [2.24, 2.45) is 0 Å². The van der Waals surface area contributed by atoms with Gasteiger partial charge >= 0.3 is 0 Å². The molecule has 0 aromatic heterocycles. The number of aliphatic hydroxyl groups is 1. The van der Waals surface area contributed by atoms with E-state index >= 15 is 0 Å². The van der Waals surface area contributed by atoms with Gasteiger partial charge in [0.15, 0.2) is 9.04 Å². The first kappa shape index (κ1) is 10.1. The summed E-state index contributed by atoms with van der Waals surface area (Å²) >= 11 is 0. The van der Waals surface area contributed by atoms with Gasteiger partial charge in [-0.3, -0.25) is 0 Å². The normalized spacial score (nSPS) is 17.4. The maximum absolute atomic E-state index is 8.99. The Labute approximate surface area is 64.9 Å². The Bertz CT molecular complexity index is 73.7. The first-order chi connectivity index (χ1) is 4.52. The molecule has 0 amide bonds. The van der Waals surface area contributed by atoms with Crippen LogP contribution >= 0.6 is 0 Å². The van der Waals surface area contributed by atoms with E-state index in [0.717, 1.165) is 6.04 Å². The zero-order chi connectivity index (χ0) is 8.15. The molecule has 0 rings (SSSR count). The van der Waals surface area contributed by atoms with Gasteiger partial charge in [0.25, 0.3) is 0 Å². The maximum atomic E-state index is 8.99. The fourth-order valence-electron chi connectivity index (χ4n) is 1.00. The lowest BCUT2D eigenvalue weighted by molar-refractivity contribution is 0.195. The Morgan fingerprint density at radius 1 is 1.40 bits per heavy atom. The summed E-state index contributed by atoms with van der Waals surface area (Å²) in [5, 5.41) is 8.99. The highest BCUT2D eigenvalue weighted by atomic mass is 28.3. The molecule has 10 heavy (non-hydrogen) atoms. The van der Waals surface area contributed by atoms with Gasteiger partial charge in [0.2, 0.25) is 0 Å². The van der Waals surface area contributed by atoms with E-state index < -0.39 is 9.04 Å². The number of aliphatic hydroxyl groups excluding tert-OH is 1. The summed E-state index contributed by atoms with van der Waals surface area (Å²) < 4.78 is 5.54. The van der Waals surface area contributed by atoms with Crippen LogP contribution in [-0.2, 0) is 4.43 Å². The van der Waals surface area contributed by atoms with E-state index in [0.29, 0.717) is 6.10 Å². The highest BCUT2D eigenvalue weighted by Gasteiger charge is 2.09. The minimum absolute atomic E-state index is 0.194. The van der Waals surface area contributed by atoms with Gasteiger partial charge in [-0.05, 0) is 33.4 Å². The third-order valence-corrected chi connectivity index (χ3v) is 3.53. The van der Waals surface area contributed by atoms with Crippen molar-refractivity contribution in [3.63, 3.8) is 0 Å². The quantitative estimate of drug-likeness (QED) is 0.628. The van der Waals surface area contributed by atoms with Gasteiger partial charge < -0.3 is 9.53 Å². The van der Waals surface area contributed by atoms with Crippen molar-refractivity contribution in [3.8, 4) is 0 Å². The van der Waals surface area contributed by atoms with Crippen molar-refractivity contribution in [2.75, 3.05) is 0 Å². The van der Waals surface area contributed by atoms with E-state index in [1.54, 1.807) is 0 Å². The molecule has 0 aliphatic carbocycles. The van der Waals surface area contributed by atoms with Gasteiger partial charge in [-0.25, -0.2) is 0 Å². The highest BCUT2D eigenvalue weighted by Crippen LogP contribution is 2.02. The predicted molar refractivity (Wildman–Crippen MR) is 45.7 cm³/mol. The van der Waals surface area contributed by atoms with Crippen molar-refractivity contribution in [1.29, 1.82) is 0 Å². The molecular formula is C7H18O2Si. The van der Waals surface area contributed by atoms with Crippen LogP contribution in [0.5, 0.6) is 0 Å². The smallest absolute Gasteiger partial charge is 0.176 e. The van der Waals surface area contributed by atoms with Gasteiger partial charge in [-0.15, -0.1) is 0 Å². The van der Waals surface area contributed by atoms with Crippen molar-refractivity contribution in [1.82, 2.24) is 0 Å². The van der Waals surface area contributed by atoms with E-state index in [1.807, 2.05) is 20.8 Å². The zero-order valence-corrected chi connectivity index (χ0v) is 8.45. The molecule has 2 unspecified atom stereocenters. The van der Waals surface area contributed by atoms with Crippen molar-refractivity contribution in [2.45, 2.75) is 45.6 Å². The molecule has 2 atom stereocenters. The molecule has 0 aliphatic heterocycles. The van der Waals surface area contributed by atoms with E-state index in [-0.39, 0.29) is 6.10 Å². The second-order valence-corrected chi connectivity index (χ2v) is 5.44. The largest absolute Gasteiger partial charge is 0.418 e. The van der Waals surface area contributed by atoms with Crippen LogP contribution in [0.1, 0.15) is 20.8 Å². The molecule has 0 saturated heterocycles. The molecule has 0 bridgehead atoms. The molecular weight excluding hydrogens is 144 g/mol. The summed E-state index contributed by atoms with van der Waals surface area (Å²) in [4.78, 5) is 0. The molecule has 2 nitrogen and oxygen atoms in total. The first-order valence-electron chi connectivity index (χ1n) is 3.86. The van der Waals surface area contributed by atoms with Crippen LogP contribution in [0.2, 0.25) is 12.6 Å². The molecule has 0 aliphatic rings. The number of hydrogen-bond acceptors (Lipinski definition) is 2. The first-order valence-corrected chi connectivity index (χ1v) is 6.30. The van der Waals surface area contributed by atoms with Crippen LogP contribution in [-0.4, -0.2) is 26.4 Å². The average molecular weight is 162 g/mol. The summed E-state index contributed by atoms with van der Waals surface area (Å²) in [6.07, 6.45) is 0.126. The summed E-state index contributed by atoms with van der Waals surface area (Å²) in [5.41, 5.74) is 0. The van der Waals surface area contributed by atoms with Crippen LogP contribution in [0.3, 0.4) is 0 Å². The van der Waals surface area contributed by atoms with Crippen LogP contribution < -0.4 is 0 Å². The second kappa shape index (κ2) is 4.88. The van der Waals surface area contributed by atoms with Gasteiger partial charge in [0.1, 0.15) is 0 Å². The minimum Gasteiger partial charge on any atom is -0.418 e. The van der Waals surface area contributed by atoms with E-state index in [4.69, 9.17) is 9.53 Å². The Morgan fingerprint density at radius 2 is 1.90 bits per heavy atom. The Morgan fingerprint density at radius 3 is 2.20 bits per heavy atom. The lowest BCUT2D eigenvalue weighted by Crippen LogP contribution is -2.22. The standard InChI is InChI=1S/C7H18O2Si/c1-6(2)9-10(4)5-7(3)8/h6-8,10H,5H2,1-4H3. The second-order valence-electron chi connectivity index (χ2n) is 3.08. The van der Waals surface area contributed by atoms with Gasteiger partial charge in [-0.1, -0.05) is 0 Å². The Kier molecular flexibility index (Phi) is 4.94. The summed E-state index contributed by atoms with van der Waals surface area (Å²) in [6.45, 7) is 8.00. The third kappa shape index (κ3) is 6.26.